The number of fused-ring (bicyclic) bond motifs is 2. The minimum absolute atomic E-state index is 0.0659. The van der Waals surface area contributed by atoms with E-state index in [9.17, 15) is 24.6 Å². The smallest absolute Gasteiger partial charge is 0.307 e. The van der Waals surface area contributed by atoms with Gasteiger partial charge < -0.3 is 20.4 Å². The lowest BCUT2D eigenvalue weighted by Crippen LogP contribution is -2.32. The van der Waals surface area contributed by atoms with Crippen molar-refractivity contribution in [3.05, 3.63) is 94.6 Å². The predicted octanol–water partition coefficient (Wildman–Crippen LogP) is 4.52. The number of pyridine rings is 1. The van der Waals surface area contributed by atoms with Crippen LogP contribution in [0.5, 0.6) is 0 Å². The molecule has 2 fully saturated rings. The molecule has 2 aromatic carbocycles. The number of anilines is 2. The van der Waals surface area contributed by atoms with E-state index in [-0.39, 0.29) is 29.9 Å². The molecule has 0 radical (unpaired) electrons. The summed E-state index contributed by atoms with van der Waals surface area (Å²) < 4.78 is 1.94. The topological polar surface area (TPSA) is 144 Å². The molecular weight excluding hydrogens is 646 g/mol. The molecule has 4 aliphatic heterocycles. The van der Waals surface area contributed by atoms with Gasteiger partial charge in [0.15, 0.2) is 5.69 Å². The van der Waals surface area contributed by atoms with E-state index in [1.54, 1.807) is 12.3 Å². The number of likely N-dealkylation sites (tertiary alicyclic amines) is 2. The molecule has 0 spiro atoms. The van der Waals surface area contributed by atoms with E-state index in [1.807, 2.05) is 59.0 Å². The lowest BCUT2D eigenvalue weighted by molar-refractivity contribution is -0.141. The molecule has 2 aromatic heterocycles. The van der Waals surface area contributed by atoms with Crippen LogP contribution >= 0.6 is 0 Å². The van der Waals surface area contributed by atoms with E-state index in [2.05, 4.69) is 26.2 Å². The van der Waals surface area contributed by atoms with E-state index in [4.69, 9.17) is 5.10 Å². The third kappa shape index (κ3) is 6.43. The maximum atomic E-state index is 14.0. The minimum atomic E-state index is -0.744. The molecule has 4 aliphatic rings. The summed E-state index contributed by atoms with van der Waals surface area (Å²) >= 11 is 0. The van der Waals surface area contributed by atoms with Gasteiger partial charge in [0.25, 0.3) is 11.8 Å². The molecule has 3 N–H and O–H groups in total. The number of rotatable bonds is 8. The van der Waals surface area contributed by atoms with Crippen LogP contribution in [-0.4, -0.2) is 91.4 Å². The monoisotopic (exact) mass is 689 g/mol. The number of aromatic nitrogens is 3. The van der Waals surface area contributed by atoms with Crippen LogP contribution in [0, 0.1) is 12.8 Å². The van der Waals surface area contributed by atoms with Crippen molar-refractivity contribution in [1.82, 2.24) is 24.6 Å². The number of carbonyl (C=O) groups is 3. The zero-order chi connectivity index (χ0) is 35.2. The number of aliphatic carboxylic acids is 1. The van der Waals surface area contributed by atoms with Gasteiger partial charge in [-0.15, -0.1) is 0 Å². The van der Waals surface area contributed by atoms with E-state index in [1.165, 1.54) is 0 Å². The fourth-order valence-corrected chi connectivity index (χ4v) is 8.36. The highest BCUT2D eigenvalue weighted by atomic mass is 16.4. The van der Waals surface area contributed by atoms with Crippen molar-refractivity contribution < 1.29 is 24.6 Å². The van der Waals surface area contributed by atoms with Crippen LogP contribution in [0.4, 0.5) is 11.4 Å². The van der Waals surface area contributed by atoms with Gasteiger partial charge in [0, 0.05) is 56.8 Å². The van der Waals surface area contributed by atoms with Gasteiger partial charge in [-0.3, -0.25) is 33.8 Å². The van der Waals surface area contributed by atoms with Crippen molar-refractivity contribution in [1.29, 1.82) is 0 Å². The van der Waals surface area contributed by atoms with Crippen LogP contribution in [0.15, 0.2) is 60.8 Å². The molecule has 51 heavy (non-hydrogen) atoms. The molecule has 12 heteroatoms. The lowest BCUT2D eigenvalue weighted by atomic mass is 9.93. The molecule has 0 bridgehead atoms. The number of amides is 2. The number of carboxylic acid groups (broad SMARTS) is 1. The summed E-state index contributed by atoms with van der Waals surface area (Å²) in [7, 11) is 0. The molecule has 1 unspecified atom stereocenters. The molecule has 0 aliphatic carbocycles. The average Bonchev–Trinajstić information content (AvgIpc) is 3.95. The third-order valence-corrected chi connectivity index (χ3v) is 11.1. The molecule has 12 nitrogen and oxygen atoms in total. The average molecular weight is 690 g/mol. The molecule has 264 valence electrons. The zero-order valence-electron chi connectivity index (χ0n) is 28.8. The molecule has 6 heterocycles. The first-order chi connectivity index (χ1) is 24.7. The summed E-state index contributed by atoms with van der Waals surface area (Å²) in [6.07, 6.45) is 5.43. The summed E-state index contributed by atoms with van der Waals surface area (Å²) in [6.45, 7) is 6.73. The zero-order valence-corrected chi connectivity index (χ0v) is 28.8. The van der Waals surface area contributed by atoms with E-state index in [0.29, 0.717) is 56.1 Å². The third-order valence-electron chi connectivity index (χ3n) is 11.1. The standard InChI is InChI=1S/C39H43N7O5/c1-24-28(5-2-7-31(24)41-37(48)32-11-10-25(20-40-32)21-43-16-13-27(47)23-43)29-6-3-8-34-30(29)14-18-45(34)38(49)33-19-36-35(9-4-15-46(36)42-33)44-17-12-26(22-44)39(50)51/h2-3,5-8,10-11,19-20,26-27,35,47H,4,9,12-18,21-23H2,1H3,(H,41,48)(H,50,51)/t26-,27-,35?/m1/s1. The van der Waals surface area contributed by atoms with E-state index < -0.39 is 5.97 Å². The number of β-amino-alcohol motifs (C(OH)–C–C–N with tert-alkyl or cyclic N) is 1. The number of aliphatic hydroxyl groups is 1. The van der Waals surface area contributed by atoms with Crippen molar-refractivity contribution in [2.24, 2.45) is 5.92 Å². The van der Waals surface area contributed by atoms with Crippen LogP contribution in [0.25, 0.3) is 11.1 Å². The Balaban J connectivity index is 0.985. The number of nitrogens with zero attached hydrogens (tertiary/aromatic N) is 6. The Morgan fingerprint density at radius 1 is 0.922 bits per heavy atom. The molecule has 2 amide bonds. The summed E-state index contributed by atoms with van der Waals surface area (Å²) in [4.78, 5) is 49.6. The van der Waals surface area contributed by atoms with Crippen LogP contribution in [0.3, 0.4) is 0 Å². The van der Waals surface area contributed by atoms with Crippen LogP contribution < -0.4 is 10.2 Å². The van der Waals surface area contributed by atoms with Gasteiger partial charge in [-0.1, -0.05) is 30.3 Å². The number of benzene rings is 2. The van der Waals surface area contributed by atoms with Crippen molar-refractivity contribution in [2.75, 3.05) is 42.9 Å². The summed E-state index contributed by atoms with van der Waals surface area (Å²) in [5.41, 5.74) is 8.32. The Hall–Kier alpha value is -4.91. The number of carboxylic acids is 1. The Labute approximate surface area is 296 Å². The van der Waals surface area contributed by atoms with Crippen molar-refractivity contribution in [2.45, 2.75) is 64.3 Å². The van der Waals surface area contributed by atoms with Crippen LogP contribution in [0.2, 0.25) is 0 Å². The lowest BCUT2D eigenvalue weighted by Gasteiger charge is -2.31. The number of nitrogens with one attached hydrogen (secondary N) is 1. The molecule has 0 saturated carbocycles. The van der Waals surface area contributed by atoms with Crippen molar-refractivity contribution >= 4 is 29.2 Å². The minimum Gasteiger partial charge on any atom is -0.481 e. The Kier molecular flexibility index (Phi) is 8.91. The van der Waals surface area contributed by atoms with Gasteiger partial charge in [0.1, 0.15) is 5.69 Å². The summed E-state index contributed by atoms with van der Waals surface area (Å²) in [5, 5.41) is 27.2. The Morgan fingerprint density at radius 3 is 2.53 bits per heavy atom. The highest BCUT2D eigenvalue weighted by Crippen LogP contribution is 2.40. The molecule has 3 atom stereocenters. The van der Waals surface area contributed by atoms with Crippen LogP contribution in [-0.2, 0) is 24.3 Å². The summed E-state index contributed by atoms with van der Waals surface area (Å²) in [5.74, 6) is -1.52. The van der Waals surface area contributed by atoms with Gasteiger partial charge in [-0.2, -0.15) is 5.10 Å². The number of aryl methyl sites for hydroxylation is 1. The maximum absolute atomic E-state index is 14.0. The first kappa shape index (κ1) is 33.2. The van der Waals surface area contributed by atoms with Gasteiger partial charge in [0.2, 0.25) is 0 Å². The predicted molar refractivity (Wildman–Crippen MR) is 192 cm³/mol. The normalized spacial score (nSPS) is 21.8. The highest BCUT2D eigenvalue weighted by molar-refractivity contribution is 6.07. The van der Waals surface area contributed by atoms with Gasteiger partial charge in [0.05, 0.1) is 23.8 Å². The second-order valence-electron chi connectivity index (χ2n) is 14.3. The van der Waals surface area contributed by atoms with Gasteiger partial charge in [-0.25, -0.2) is 0 Å². The first-order valence-electron chi connectivity index (χ1n) is 18.0. The number of aliphatic hydroxyl groups excluding tert-OH is 1. The Bertz CT molecular complexity index is 1990. The number of carbonyl (C=O) groups excluding carboxylic acids is 2. The molecule has 8 rings (SSSR count). The molecule has 2 saturated heterocycles. The first-order valence-corrected chi connectivity index (χ1v) is 18.0. The van der Waals surface area contributed by atoms with Crippen molar-refractivity contribution in [3.63, 3.8) is 0 Å². The van der Waals surface area contributed by atoms with Crippen molar-refractivity contribution in [3.8, 4) is 11.1 Å². The number of hydrogen-bond donors (Lipinski definition) is 3. The largest absolute Gasteiger partial charge is 0.481 e. The van der Waals surface area contributed by atoms with Gasteiger partial charge in [-0.05, 0) is 97.7 Å². The quantitative estimate of drug-likeness (QED) is 0.243. The molecular formula is C39H43N7O5. The van der Waals surface area contributed by atoms with Gasteiger partial charge >= 0.3 is 5.97 Å². The maximum Gasteiger partial charge on any atom is 0.307 e. The van der Waals surface area contributed by atoms with E-state index >= 15 is 0 Å². The number of hydrogen-bond acceptors (Lipinski definition) is 8. The van der Waals surface area contributed by atoms with Crippen LogP contribution in [0.1, 0.15) is 75.1 Å². The second-order valence-corrected chi connectivity index (χ2v) is 14.3. The highest BCUT2D eigenvalue weighted by Gasteiger charge is 2.37. The fraction of sp³-hybridized carbons (Fsp3) is 0.410. The SMILES string of the molecule is Cc1c(NC(=O)c2ccc(CN3CC[C@@H](O)C3)cn2)cccc1-c1cccc2c1CCN2C(=O)c1cc2n(n1)CCCC2N1CC[C@@H](C(=O)O)C1. The Morgan fingerprint density at radius 2 is 1.76 bits per heavy atom. The second kappa shape index (κ2) is 13.7. The fourth-order valence-electron chi connectivity index (χ4n) is 8.36. The van der Waals surface area contributed by atoms with E-state index in [0.717, 1.165) is 78.1 Å². The molecule has 4 aromatic rings. The summed E-state index contributed by atoms with van der Waals surface area (Å²) in [6, 6.07) is 17.5.